The van der Waals surface area contributed by atoms with E-state index >= 15 is 0 Å². The minimum Gasteiger partial charge on any atom is -0.481 e. The summed E-state index contributed by atoms with van der Waals surface area (Å²) in [6, 6.07) is 7.12. The highest BCUT2D eigenvalue weighted by molar-refractivity contribution is 7.80. The summed E-state index contributed by atoms with van der Waals surface area (Å²) in [6.45, 7) is 1.91. The van der Waals surface area contributed by atoms with Gasteiger partial charge in [-0.3, -0.25) is 5.43 Å². The highest BCUT2D eigenvalue weighted by Gasteiger charge is 2.05. The number of thiocarbonyl (C=S) groups is 1. The number of hydrazone groups is 1. The van der Waals surface area contributed by atoms with Crippen molar-refractivity contribution in [1.29, 1.82) is 0 Å². The van der Waals surface area contributed by atoms with Crippen molar-refractivity contribution < 1.29 is 14.3 Å². The van der Waals surface area contributed by atoms with Crippen LogP contribution in [0.15, 0.2) is 29.4 Å². The van der Waals surface area contributed by atoms with Crippen molar-refractivity contribution in [2.75, 3.05) is 13.2 Å². The molecule has 0 bridgehead atoms. The average Bonchev–Trinajstić information content (AvgIpc) is 2.37. The Balaban J connectivity index is 2.65. The molecule has 0 aliphatic heterocycles. The van der Waals surface area contributed by atoms with Crippen LogP contribution >= 0.6 is 12.2 Å². The van der Waals surface area contributed by atoms with Crippen LogP contribution in [-0.4, -0.2) is 30.5 Å². The van der Waals surface area contributed by atoms with Gasteiger partial charge in [0.25, 0.3) is 0 Å². The molecular weight excluding hydrogens is 266 g/mol. The molecule has 0 atom stereocenters. The second-order valence-electron chi connectivity index (χ2n) is 3.37. The number of esters is 1. The van der Waals surface area contributed by atoms with Crippen LogP contribution in [0.4, 0.5) is 0 Å². The van der Waals surface area contributed by atoms with Gasteiger partial charge in [0, 0.05) is 5.56 Å². The fourth-order valence-corrected chi connectivity index (χ4v) is 1.28. The van der Waals surface area contributed by atoms with E-state index in [9.17, 15) is 4.79 Å². The molecule has 0 amide bonds. The summed E-state index contributed by atoms with van der Waals surface area (Å²) in [5.41, 5.74) is 8.37. The number of nitrogens with zero attached hydrogens (tertiary/aromatic N) is 1. The SMILES string of the molecule is CCOC(=O)COc1ccccc1C=NNC(N)=S. The molecule has 0 unspecified atom stereocenters. The molecule has 3 N–H and O–H groups in total. The molecule has 0 aliphatic carbocycles. The molecule has 1 rings (SSSR count). The Hall–Kier alpha value is -2.15. The molecule has 6 nitrogen and oxygen atoms in total. The Bertz CT molecular complexity index is 477. The number of para-hydroxylation sites is 1. The maximum atomic E-state index is 11.2. The number of nitrogens with two attached hydrogens (primary N) is 1. The van der Waals surface area contributed by atoms with E-state index in [1.165, 1.54) is 6.21 Å². The molecule has 0 saturated heterocycles. The first kappa shape index (κ1) is 14.9. The molecule has 0 fully saturated rings. The smallest absolute Gasteiger partial charge is 0.344 e. The van der Waals surface area contributed by atoms with Gasteiger partial charge in [0.15, 0.2) is 11.7 Å². The van der Waals surface area contributed by atoms with Gasteiger partial charge in [-0.1, -0.05) is 12.1 Å². The monoisotopic (exact) mass is 281 g/mol. The molecule has 1 aromatic carbocycles. The first-order valence-electron chi connectivity index (χ1n) is 5.59. The maximum absolute atomic E-state index is 11.2. The van der Waals surface area contributed by atoms with E-state index in [1.807, 2.05) is 6.07 Å². The third-order valence-corrected chi connectivity index (χ3v) is 2.04. The fraction of sp³-hybridized carbons (Fsp3) is 0.250. The van der Waals surface area contributed by atoms with Crippen molar-refractivity contribution in [2.24, 2.45) is 10.8 Å². The van der Waals surface area contributed by atoms with E-state index in [0.29, 0.717) is 17.9 Å². The van der Waals surface area contributed by atoms with Crippen LogP contribution in [0.1, 0.15) is 12.5 Å². The predicted octanol–water partition coefficient (Wildman–Crippen LogP) is 0.796. The van der Waals surface area contributed by atoms with Crippen molar-refractivity contribution in [3.63, 3.8) is 0 Å². The summed E-state index contributed by atoms with van der Waals surface area (Å²) in [5.74, 6) is 0.0968. The molecule has 0 spiro atoms. The quantitative estimate of drug-likeness (QED) is 0.347. The van der Waals surface area contributed by atoms with Crippen molar-refractivity contribution in [3.8, 4) is 5.75 Å². The first-order valence-corrected chi connectivity index (χ1v) is 6.00. The van der Waals surface area contributed by atoms with E-state index in [1.54, 1.807) is 25.1 Å². The van der Waals surface area contributed by atoms with Gasteiger partial charge >= 0.3 is 5.97 Å². The van der Waals surface area contributed by atoms with Gasteiger partial charge < -0.3 is 15.2 Å². The molecule has 0 aliphatic rings. The fourth-order valence-electron chi connectivity index (χ4n) is 1.22. The number of rotatable bonds is 6. The van der Waals surface area contributed by atoms with Gasteiger partial charge in [0.05, 0.1) is 12.8 Å². The summed E-state index contributed by atoms with van der Waals surface area (Å²) in [4.78, 5) is 11.2. The molecule has 0 saturated carbocycles. The summed E-state index contributed by atoms with van der Waals surface area (Å²) >= 11 is 4.62. The first-order chi connectivity index (χ1) is 9.13. The minimum atomic E-state index is -0.421. The second-order valence-corrected chi connectivity index (χ2v) is 3.81. The van der Waals surface area contributed by atoms with E-state index < -0.39 is 5.97 Å². The Morgan fingerprint density at radius 2 is 2.26 bits per heavy atom. The number of hydrogen-bond acceptors (Lipinski definition) is 5. The highest BCUT2D eigenvalue weighted by atomic mass is 32.1. The predicted molar refractivity (Wildman–Crippen MR) is 76.1 cm³/mol. The zero-order valence-corrected chi connectivity index (χ0v) is 11.3. The molecule has 0 radical (unpaired) electrons. The van der Waals surface area contributed by atoms with Crippen molar-refractivity contribution in [3.05, 3.63) is 29.8 Å². The standard InChI is InChI=1S/C12H15N3O3S/c1-2-17-11(16)8-18-10-6-4-3-5-9(10)7-14-15-12(13)19/h3-7H,2,8H2,1H3,(H3,13,15,19). The van der Waals surface area contributed by atoms with E-state index in [-0.39, 0.29) is 11.7 Å². The molecule has 19 heavy (non-hydrogen) atoms. The molecule has 1 aromatic rings. The van der Waals surface area contributed by atoms with Gasteiger partial charge in [-0.25, -0.2) is 4.79 Å². The number of ether oxygens (including phenoxy) is 2. The number of carbonyl (C=O) groups excluding carboxylic acids is 1. The third-order valence-electron chi connectivity index (χ3n) is 1.95. The summed E-state index contributed by atoms with van der Waals surface area (Å²) in [7, 11) is 0. The molecule has 7 heteroatoms. The van der Waals surface area contributed by atoms with E-state index in [2.05, 4.69) is 22.7 Å². The van der Waals surface area contributed by atoms with Crippen LogP contribution < -0.4 is 15.9 Å². The minimum absolute atomic E-state index is 0.0705. The number of hydrogen-bond donors (Lipinski definition) is 2. The van der Waals surface area contributed by atoms with Crippen LogP contribution in [0, 0.1) is 0 Å². The van der Waals surface area contributed by atoms with Gasteiger partial charge in [-0.2, -0.15) is 5.10 Å². The van der Waals surface area contributed by atoms with Crippen molar-refractivity contribution >= 4 is 29.5 Å². The number of nitrogens with one attached hydrogen (secondary N) is 1. The van der Waals surface area contributed by atoms with Gasteiger partial charge in [-0.05, 0) is 31.3 Å². The van der Waals surface area contributed by atoms with Crippen molar-refractivity contribution in [1.82, 2.24) is 5.43 Å². The normalized spacial score (nSPS) is 10.2. The van der Waals surface area contributed by atoms with Crippen LogP contribution in [-0.2, 0) is 9.53 Å². The Morgan fingerprint density at radius 3 is 2.95 bits per heavy atom. The number of benzene rings is 1. The topological polar surface area (TPSA) is 85.9 Å². The zero-order valence-electron chi connectivity index (χ0n) is 10.5. The lowest BCUT2D eigenvalue weighted by Crippen LogP contribution is -2.24. The lowest BCUT2D eigenvalue weighted by Gasteiger charge is -2.08. The largest absolute Gasteiger partial charge is 0.481 e. The summed E-state index contributed by atoms with van der Waals surface area (Å²) < 4.78 is 10.1. The van der Waals surface area contributed by atoms with Gasteiger partial charge in [0.1, 0.15) is 5.75 Å². The van der Waals surface area contributed by atoms with Crippen molar-refractivity contribution in [2.45, 2.75) is 6.92 Å². The molecule has 0 heterocycles. The Labute approximate surface area is 116 Å². The summed E-state index contributed by atoms with van der Waals surface area (Å²) in [5, 5.41) is 3.90. The third kappa shape index (κ3) is 5.82. The summed E-state index contributed by atoms with van der Waals surface area (Å²) in [6.07, 6.45) is 1.50. The highest BCUT2D eigenvalue weighted by Crippen LogP contribution is 2.15. The van der Waals surface area contributed by atoms with Gasteiger partial charge in [-0.15, -0.1) is 0 Å². The van der Waals surface area contributed by atoms with Crippen LogP contribution in [0.5, 0.6) is 5.75 Å². The van der Waals surface area contributed by atoms with Crippen LogP contribution in [0.25, 0.3) is 0 Å². The van der Waals surface area contributed by atoms with E-state index in [4.69, 9.17) is 15.2 Å². The lowest BCUT2D eigenvalue weighted by atomic mass is 10.2. The maximum Gasteiger partial charge on any atom is 0.344 e. The molecular formula is C12H15N3O3S. The molecule has 0 aromatic heterocycles. The van der Waals surface area contributed by atoms with E-state index in [0.717, 1.165) is 0 Å². The Morgan fingerprint density at radius 1 is 1.53 bits per heavy atom. The Kier molecular flexibility index (Phi) is 6.31. The lowest BCUT2D eigenvalue weighted by molar-refractivity contribution is -0.145. The van der Waals surface area contributed by atoms with Crippen LogP contribution in [0.3, 0.4) is 0 Å². The number of carbonyl (C=O) groups is 1. The average molecular weight is 281 g/mol. The second kappa shape index (κ2) is 8.04. The van der Waals surface area contributed by atoms with Crippen LogP contribution in [0.2, 0.25) is 0 Å². The van der Waals surface area contributed by atoms with Gasteiger partial charge in [0.2, 0.25) is 0 Å². The zero-order chi connectivity index (χ0) is 14.1. The molecule has 102 valence electrons.